The smallest absolute Gasteiger partial charge is 0.240 e. The summed E-state index contributed by atoms with van der Waals surface area (Å²) in [6.07, 6.45) is 0.0971. The van der Waals surface area contributed by atoms with Gasteiger partial charge in [-0.25, -0.2) is 17.5 Å². The standard InChI is InChI=1S/C17H27FN2O3S/c1-13(2)11-20(12-14(3)4)17(21)9-10-19-24(22,23)16-7-5-15(18)6-8-16/h5-8,13-14,19H,9-12H2,1-4H3. The van der Waals surface area contributed by atoms with E-state index in [1.165, 1.54) is 12.1 Å². The Kier molecular flexibility index (Phi) is 7.83. The van der Waals surface area contributed by atoms with Crippen LogP contribution in [-0.4, -0.2) is 38.9 Å². The van der Waals surface area contributed by atoms with E-state index in [1.54, 1.807) is 4.90 Å². The minimum absolute atomic E-state index is 0.0161. The van der Waals surface area contributed by atoms with Gasteiger partial charge in [0.05, 0.1) is 4.90 Å². The zero-order valence-electron chi connectivity index (χ0n) is 14.8. The molecule has 0 fully saturated rings. The molecule has 0 heterocycles. The second-order valence-corrected chi connectivity index (χ2v) is 8.46. The number of sulfonamides is 1. The van der Waals surface area contributed by atoms with Crippen LogP contribution < -0.4 is 4.72 Å². The van der Waals surface area contributed by atoms with E-state index in [2.05, 4.69) is 4.72 Å². The van der Waals surface area contributed by atoms with Gasteiger partial charge in [-0.1, -0.05) is 27.7 Å². The van der Waals surface area contributed by atoms with Crippen LogP contribution in [0.15, 0.2) is 29.2 Å². The van der Waals surface area contributed by atoms with Crippen LogP contribution in [0.4, 0.5) is 4.39 Å². The molecule has 0 aliphatic rings. The summed E-state index contributed by atoms with van der Waals surface area (Å²) in [7, 11) is -3.73. The maximum atomic E-state index is 12.9. The highest BCUT2D eigenvalue weighted by Crippen LogP contribution is 2.10. The first-order valence-corrected chi connectivity index (χ1v) is 9.63. The van der Waals surface area contributed by atoms with Crippen LogP contribution in [0.3, 0.4) is 0 Å². The Bertz CT molecular complexity index is 618. The van der Waals surface area contributed by atoms with Gasteiger partial charge in [0.15, 0.2) is 0 Å². The Morgan fingerprint density at radius 2 is 1.58 bits per heavy atom. The summed E-state index contributed by atoms with van der Waals surface area (Å²) in [5.74, 6) is 0.133. The summed E-state index contributed by atoms with van der Waals surface area (Å²) in [6.45, 7) is 9.49. The van der Waals surface area contributed by atoms with Gasteiger partial charge in [0.2, 0.25) is 15.9 Å². The molecule has 0 unspecified atom stereocenters. The zero-order chi connectivity index (χ0) is 18.3. The van der Waals surface area contributed by atoms with Gasteiger partial charge in [0.25, 0.3) is 0 Å². The van der Waals surface area contributed by atoms with Crippen LogP contribution in [0.2, 0.25) is 0 Å². The van der Waals surface area contributed by atoms with Crippen molar-refractivity contribution in [3.8, 4) is 0 Å². The molecular formula is C17H27FN2O3S. The summed E-state index contributed by atoms with van der Waals surface area (Å²) < 4.78 is 39.4. The molecule has 1 aromatic rings. The van der Waals surface area contributed by atoms with Crippen molar-refractivity contribution in [2.75, 3.05) is 19.6 Å². The molecule has 0 saturated carbocycles. The number of hydrogen-bond donors (Lipinski definition) is 1. The van der Waals surface area contributed by atoms with E-state index in [9.17, 15) is 17.6 Å². The largest absolute Gasteiger partial charge is 0.342 e. The predicted octanol–water partition coefficient (Wildman–Crippen LogP) is 2.63. The SMILES string of the molecule is CC(C)CN(CC(C)C)C(=O)CCNS(=O)(=O)c1ccc(F)cc1. The Labute approximate surface area is 144 Å². The lowest BCUT2D eigenvalue weighted by Crippen LogP contribution is -2.39. The van der Waals surface area contributed by atoms with Crippen molar-refractivity contribution in [3.63, 3.8) is 0 Å². The van der Waals surface area contributed by atoms with Gasteiger partial charge < -0.3 is 4.90 Å². The highest BCUT2D eigenvalue weighted by atomic mass is 32.2. The molecule has 0 saturated heterocycles. The van der Waals surface area contributed by atoms with E-state index < -0.39 is 15.8 Å². The van der Waals surface area contributed by atoms with E-state index in [-0.39, 0.29) is 23.8 Å². The summed E-state index contributed by atoms with van der Waals surface area (Å²) in [4.78, 5) is 14.1. The number of nitrogens with one attached hydrogen (secondary N) is 1. The third kappa shape index (κ3) is 6.97. The van der Waals surface area contributed by atoms with Crippen molar-refractivity contribution in [3.05, 3.63) is 30.1 Å². The molecule has 1 N–H and O–H groups in total. The molecule has 136 valence electrons. The molecule has 1 amide bonds. The van der Waals surface area contributed by atoms with E-state index in [0.29, 0.717) is 24.9 Å². The molecule has 1 aromatic carbocycles. The molecule has 24 heavy (non-hydrogen) atoms. The molecule has 5 nitrogen and oxygen atoms in total. The number of amides is 1. The van der Waals surface area contributed by atoms with Gasteiger partial charge in [-0.15, -0.1) is 0 Å². The maximum Gasteiger partial charge on any atom is 0.240 e. The number of halogens is 1. The van der Waals surface area contributed by atoms with Crippen LogP contribution >= 0.6 is 0 Å². The molecule has 0 spiro atoms. The molecule has 0 aliphatic heterocycles. The highest BCUT2D eigenvalue weighted by molar-refractivity contribution is 7.89. The molecule has 0 atom stereocenters. The fraction of sp³-hybridized carbons (Fsp3) is 0.588. The number of carbonyl (C=O) groups excluding carboxylic acids is 1. The molecule has 1 rings (SSSR count). The van der Waals surface area contributed by atoms with Gasteiger partial charge in [0.1, 0.15) is 5.82 Å². The fourth-order valence-electron chi connectivity index (χ4n) is 2.31. The third-order valence-electron chi connectivity index (χ3n) is 3.28. The lowest BCUT2D eigenvalue weighted by Gasteiger charge is -2.26. The number of carbonyl (C=O) groups is 1. The number of hydrogen-bond acceptors (Lipinski definition) is 3. The van der Waals surface area contributed by atoms with Crippen molar-refractivity contribution in [1.82, 2.24) is 9.62 Å². The van der Waals surface area contributed by atoms with Gasteiger partial charge in [-0.2, -0.15) is 0 Å². The van der Waals surface area contributed by atoms with Crippen LogP contribution in [0.5, 0.6) is 0 Å². The monoisotopic (exact) mass is 358 g/mol. The topological polar surface area (TPSA) is 66.5 Å². The lowest BCUT2D eigenvalue weighted by molar-refractivity contribution is -0.132. The van der Waals surface area contributed by atoms with E-state index in [4.69, 9.17) is 0 Å². The lowest BCUT2D eigenvalue weighted by atomic mass is 10.1. The maximum absolute atomic E-state index is 12.9. The van der Waals surface area contributed by atoms with E-state index in [0.717, 1.165) is 12.1 Å². The van der Waals surface area contributed by atoms with Crippen molar-refractivity contribution >= 4 is 15.9 Å². The predicted molar refractivity (Wildman–Crippen MR) is 92.5 cm³/mol. The first-order chi connectivity index (χ1) is 11.1. The second-order valence-electron chi connectivity index (χ2n) is 6.69. The summed E-state index contributed by atoms with van der Waals surface area (Å²) in [5, 5.41) is 0. The normalized spacial score (nSPS) is 12.0. The minimum atomic E-state index is -3.73. The van der Waals surface area contributed by atoms with Gasteiger partial charge in [0, 0.05) is 26.1 Å². The third-order valence-corrected chi connectivity index (χ3v) is 4.76. The van der Waals surface area contributed by atoms with Crippen molar-refractivity contribution < 1.29 is 17.6 Å². The molecule has 0 aromatic heterocycles. The number of nitrogens with zero attached hydrogens (tertiary/aromatic N) is 1. The van der Waals surface area contributed by atoms with Crippen LogP contribution in [-0.2, 0) is 14.8 Å². The Balaban J connectivity index is 2.60. The fourth-order valence-corrected chi connectivity index (χ4v) is 3.34. The quantitative estimate of drug-likeness (QED) is 0.738. The minimum Gasteiger partial charge on any atom is -0.342 e. The van der Waals surface area contributed by atoms with Crippen LogP contribution in [0, 0.1) is 17.7 Å². The average molecular weight is 358 g/mol. The average Bonchev–Trinajstić information content (AvgIpc) is 2.45. The molecular weight excluding hydrogens is 331 g/mol. The number of rotatable bonds is 9. The summed E-state index contributed by atoms with van der Waals surface area (Å²) >= 11 is 0. The van der Waals surface area contributed by atoms with Gasteiger partial charge in [-0.05, 0) is 36.1 Å². The molecule has 0 radical (unpaired) electrons. The zero-order valence-corrected chi connectivity index (χ0v) is 15.6. The summed E-state index contributed by atoms with van der Waals surface area (Å²) in [5.41, 5.74) is 0. The second kappa shape index (κ2) is 9.13. The summed E-state index contributed by atoms with van der Waals surface area (Å²) in [6, 6.07) is 4.58. The van der Waals surface area contributed by atoms with Gasteiger partial charge >= 0.3 is 0 Å². The van der Waals surface area contributed by atoms with Crippen LogP contribution in [0.25, 0.3) is 0 Å². The first-order valence-electron chi connectivity index (χ1n) is 8.15. The molecule has 0 aliphatic carbocycles. The van der Waals surface area contributed by atoms with E-state index in [1.807, 2.05) is 27.7 Å². The first kappa shape index (κ1) is 20.6. The van der Waals surface area contributed by atoms with Crippen molar-refractivity contribution in [2.45, 2.75) is 39.0 Å². The van der Waals surface area contributed by atoms with Gasteiger partial charge in [-0.3, -0.25) is 4.79 Å². The van der Waals surface area contributed by atoms with E-state index >= 15 is 0 Å². The van der Waals surface area contributed by atoms with Crippen LogP contribution in [0.1, 0.15) is 34.1 Å². The molecule has 7 heteroatoms. The highest BCUT2D eigenvalue weighted by Gasteiger charge is 2.18. The Hall–Kier alpha value is -1.47. The molecule has 0 bridgehead atoms. The Morgan fingerprint density at radius 3 is 2.04 bits per heavy atom. The van der Waals surface area contributed by atoms with Crippen molar-refractivity contribution in [2.24, 2.45) is 11.8 Å². The van der Waals surface area contributed by atoms with Crippen molar-refractivity contribution in [1.29, 1.82) is 0 Å². The number of benzene rings is 1. The Morgan fingerprint density at radius 1 is 1.08 bits per heavy atom.